The quantitative estimate of drug-likeness (QED) is 0.806. The van der Waals surface area contributed by atoms with Gasteiger partial charge in [0.1, 0.15) is 0 Å². The summed E-state index contributed by atoms with van der Waals surface area (Å²) in [5.74, 6) is 0.581. The van der Waals surface area contributed by atoms with Crippen LogP contribution in [0.4, 0.5) is 0 Å². The molecule has 7 heteroatoms. The smallest absolute Gasteiger partial charge is 0.257 e. The lowest BCUT2D eigenvalue weighted by molar-refractivity contribution is -0.125. The van der Waals surface area contributed by atoms with Crippen molar-refractivity contribution in [2.45, 2.75) is 25.4 Å². The number of pyridine rings is 1. The number of aryl methyl sites for hydroxylation is 1. The van der Waals surface area contributed by atoms with Crippen LogP contribution in [0.2, 0.25) is 0 Å². The Morgan fingerprint density at radius 1 is 1.22 bits per heavy atom. The third-order valence-electron chi connectivity index (χ3n) is 5.56. The Morgan fingerprint density at radius 2 is 2.04 bits per heavy atom. The first kappa shape index (κ1) is 18.0. The predicted octanol–water partition coefficient (Wildman–Crippen LogP) is 1.78. The average molecular weight is 367 g/mol. The summed E-state index contributed by atoms with van der Waals surface area (Å²) in [5, 5.41) is 0. The molecule has 2 aromatic rings. The van der Waals surface area contributed by atoms with Crippen LogP contribution in [0, 0.1) is 6.92 Å². The van der Waals surface area contributed by atoms with Gasteiger partial charge in [-0.05, 0) is 38.9 Å². The van der Waals surface area contributed by atoms with Gasteiger partial charge in [0.05, 0.1) is 30.0 Å². The second-order valence-corrected chi connectivity index (χ2v) is 7.50. The highest BCUT2D eigenvalue weighted by molar-refractivity contribution is 5.95. The highest BCUT2D eigenvalue weighted by Gasteiger charge is 2.40. The van der Waals surface area contributed by atoms with Crippen LogP contribution in [0.25, 0.3) is 11.4 Å². The van der Waals surface area contributed by atoms with Crippen molar-refractivity contribution in [2.75, 3.05) is 39.8 Å². The Morgan fingerprint density at radius 3 is 2.74 bits per heavy atom. The van der Waals surface area contributed by atoms with E-state index in [-0.39, 0.29) is 11.5 Å². The molecule has 2 aliphatic rings. The number of hydrogen-bond acceptors (Lipinski definition) is 6. The molecule has 1 spiro atoms. The van der Waals surface area contributed by atoms with Crippen molar-refractivity contribution in [3.8, 4) is 11.4 Å². The van der Waals surface area contributed by atoms with Gasteiger partial charge in [-0.25, -0.2) is 9.97 Å². The van der Waals surface area contributed by atoms with Crippen LogP contribution in [-0.2, 0) is 4.74 Å². The minimum Gasteiger partial charge on any atom is -0.371 e. The summed E-state index contributed by atoms with van der Waals surface area (Å²) in [6, 6.07) is 3.76. The van der Waals surface area contributed by atoms with E-state index < -0.39 is 0 Å². The Labute approximate surface area is 159 Å². The number of aromatic nitrogens is 3. The van der Waals surface area contributed by atoms with Crippen LogP contribution >= 0.6 is 0 Å². The number of nitrogens with zero attached hydrogens (tertiary/aromatic N) is 5. The van der Waals surface area contributed by atoms with E-state index in [1.54, 1.807) is 18.6 Å². The summed E-state index contributed by atoms with van der Waals surface area (Å²) in [4.78, 5) is 30.4. The van der Waals surface area contributed by atoms with E-state index in [2.05, 4.69) is 26.9 Å². The molecular weight excluding hydrogens is 342 g/mol. The van der Waals surface area contributed by atoms with E-state index in [0.29, 0.717) is 36.8 Å². The van der Waals surface area contributed by atoms with Gasteiger partial charge in [-0.15, -0.1) is 0 Å². The molecule has 0 saturated carbocycles. The summed E-state index contributed by atoms with van der Waals surface area (Å²) in [5.41, 5.74) is 1.90. The summed E-state index contributed by atoms with van der Waals surface area (Å²) in [6.07, 6.45) is 7.00. The van der Waals surface area contributed by atoms with Gasteiger partial charge >= 0.3 is 0 Å². The van der Waals surface area contributed by atoms with Crippen LogP contribution in [0.3, 0.4) is 0 Å². The van der Waals surface area contributed by atoms with Crippen LogP contribution in [0.15, 0.2) is 30.7 Å². The van der Waals surface area contributed by atoms with Gasteiger partial charge in [0.15, 0.2) is 5.82 Å². The van der Waals surface area contributed by atoms with Gasteiger partial charge in [0.25, 0.3) is 5.91 Å². The molecular formula is C20H25N5O2. The third-order valence-corrected chi connectivity index (χ3v) is 5.56. The molecule has 142 valence electrons. The number of piperidine rings is 1. The molecule has 1 amide bonds. The predicted molar refractivity (Wildman–Crippen MR) is 101 cm³/mol. The zero-order valence-electron chi connectivity index (χ0n) is 15.9. The topological polar surface area (TPSA) is 71.5 Å². The maximum Gasteiger partial charge on any atom is 0.257 e. The Balaban J connectivity index is 1.52. The maximum absolute atomic E-state index is 13.1. The monoisotopic (exact) mass is 367 g/mol. The van der Waals surface area contributed by atoms with Crippen LogP contribution in [0.5, 0.6) is 0 Å². The maximum atomic E-state index is 13.1. The average Bonchev–Trinajstić information content (AvgIpc) is 2.71. The zero-order chi connectivity index (χ0) is 18.9. The number of morpholine rings is 1. The molecule has 2 aliphatic heterocycles. The van der Waals surface area contributed by atoms with E-state index in [9.17, 15) is 4.79 Å². The molecule has 4 heterocycles. The van der Waals surface area contributed by atoms with Crippen molar-refractivity contribution in [1.82, 2.24) is 24.8 Å². The van der Waals surface area contributed by atoms with Crippen molar-refractivity contribution in [3.63, 3.8) is 0 Å². The summed E-state index contributed by atoms with van der Waals surface area (Å²) in [7, 11) is 2.13. The number of carbonyl (C=O) groups is 1. The van der Waals surface area contributed by atoms with Crippen molar-refractivity contribution >= 4 is 5.91 Å². The summed E-state index contributed by atoms with van der Waals surface area (Å²) < 4.78 is 6.12. The highest BCUT2D eigenvalue weighted by Crippen LogP contribution is 2.30. The number of ether oxygens (including phenoxy) is 1. The van der Waals surface area contributed by atoms with Crippen LogP contribution in [0.1, 0.15) is 28.9 Å². The van der Waals surface area contributed by atoms with Crippen molar-refractivity contribution < 1.29 is 9.53 Å². The Kier molecular flexibility index (Phi) is 4.88. The molecule has 0 aliphatic carbocycles. The molecule has 2 saturated heterocycles. The van der Waals surface area contributed by atoms with Crippen molar-refractivity contribution in [1.29, 1.82) is 0 Å². The van der Waals surface area contributed by atoms with Gasteiger partial charge in [0.2, 0.25) is 0 Å². The molecule has 2 fully saturated rings. The molecule has 7 nitrogen and oxygen atoms in total. The first-order valence-corrected chi connectivity index (χ1v) is 9.42. The van der Waals surface area contributed by atoms with E-state index in [1.165, 1.54) is 0 Å². The number of carbonyl (C=O) groups excluding carboxylic acids is 1. The molecule has 0 aromatic carbocycles. The minimum absolute atomic E-state index is 0.00756. The first-order chi connectivity index (χ1) is 13.1. The number of likely N-dealkylation sites (tertiary alicyclic amines) is 1. The first-order valence-electron chi connectivity index (χ1n) is 9.42. The lowest BCUT2D eigenvalue weighted by Gasteiger charge is -2.46. The molecule has 0 unspecified atom stereocenters. The molecule has 0 radical (unpaired) electrons. The van der Waals surface area contributed by atoms with E-state index >= 15 is 0 Å². The van der Waals surface area contributed by atoms with E-state index in [1.807, 2.05) is 24.0 Å². The fourth-order valence-corrected chi connectivity index (χ4v) is 3.83. The van der Waals surface area contributed by atoms with E-state index in [0.717, 1.165) is 31.5 Å². The van der Waals surface area contributed by atoms with Gasteiger partial charge in [0, 0.05) is 43.8 Å². The van der Waals surface area contributed by atoms with E-state index in [4.69, 9.17) is 4.74 Å². The summed E-state index contributed by atoms with van der Waals surface area (Å²) >= 11 is 0. The van der Waals surface area contributed by atoms with Crippen LogP contribution < -0.4 is 0 Å². The third kappa shape index (κ3) is 3.70. The fraction of sp³-hybridized carbons (Fsp3) is 0.500. The number of amides is 1. The highest BCUT2D eigenvalue weighted by atomic mass is 16.5. The van der Waals surface area contributed by atoms with Crippen LogP contribution in [-0.4, -0.2) is 76.1 Å². The molecule has 0 atom stereocenters. The van der Waals surface area contributed by atoms with Gasteiger partial charge < -0.3 is 14.5 Å². The minimum atomic E-state index is -0.204. The van der Waals surface area contributed by atoms with Crippen molar-refractivity contribution in [2.24, 2.45) is 0 Å². The molecule has 2 aromatic heterocycles. The standard InChI is InChI=1S/C20H25N5O2/c1-15-17(13-22-18(23-15)16-4-3-7-21-12-16)19(26)25-10-11-27-20(14-25)5-8-24(2)9-6-20/h3-4,7,12-13H,5-6,8-11,14H2,1-2H3. The SMILES string of the molecule is Cc1nc(-c2cccnc2)ncc1C(=O)N1CCOC2(CCN(C)CC2)C1. The number of rotatable bonds is 2. The second kappa shape index (κ2) is 7.32. The summed E-state index contributed by atoms with van der Waals surface area (Å²) in [6.45, 7) is 5.71. The number of hydrogen-bond donors (Lipinski definition) is 0. The molecule has 0 N–H and O–H groups in total. The van der Waals surface area contributed by atoms with Gasteiger partial charge in [-0.2, -0.15) is 0 Å². The molecule has 4 rings (SSSR count). The van der Waals surface area contributed by atoms with Gasteiger partial charge in [-0.3, -0.25) is 9.78 Å². The largest absolute Gasteiger partial charge is 0.371 e. The zero-order valence-corrected chi connectivity index (χ0v) is 15.9. The lowest BCUT2D eigenvalue weighted by Crippen LogP contribution is -2.57. The Bertz CT molecular complexity index is 818. The lowest BCUT2D eigenvalue weighted by atomic mass is 9.89. The fourth-order valence-electron chi connectivity index (χ4n) is 3.83. The molecule has 0 bridgehead atoms. The normalized spacial score (nSPS) is 20.0. The van der Waals surface area contributed by atoms with Crippen molar-refractivity contribution in [3.05, 3.63) is 42.0 Å². The van der Waals surface area contributed by atoms with Gasteiger partial charge in [-0.1, -0.05) is 0 Å². The second-order valence-electron chi connectivity index (χ2n) is 7.50. The molecule has 27 heavy (non-hydrogen) atoms. The Hall–Kier alpha value is -2.38.